The van der Waals surface area contributed by atoms with Crippen LogP contribution in [0, 0.1) is 27.7 Å². The molecule has 8 nitrogen and oxygen atoms in total. The van der Waals surface area contributed by atoms with Gasteiger partial charge in [0.2, 0.25) is 0 Å². The number of fused-ring (bicyclic) bond motifs is 6. The Morgan fingerprint density at radius 2 is 0.609 bits per heavy atom. The largest absolute Gasteiger partial charge is 0.832 e. The van der Waals surface area contributed by atoms with Gasteiger partial charge in [0.05, 0.1) is 47.2 Å². The summed E-state index contributed by atoms with van der Waals surface area (Å²) < 4.78 is 26.7. The summed E-state index contributed by atoms with van der Waals surface area (Å²) in [5.41, 5.74) is 15.3. The number of aliphatic imine (C=N–C) groups is 4. The van der Waals surface area contributed by atoms with Gasteiger partial charge in [-0.15, -0.1) is 0 Å². The van der Waals surface area contributed by atoms with Gasteiger partial charge in [-0.1, -0.05) is 222 Å². The third-order valence-corrected chi connectivity index (χ3v) is 23.0. The Balaban J connectivity index is 0.000000261. The fourth-order valence-corrected chi connectivity index (χ4v) is 17.5. The summed E-state index contributed by atoms with van der Waals surface area (Å²) in [6.45, 7) is 32.2. The molecule has 2 aliphatic heterocycles. The number of unbranched alkanes of at least 4 members (excludes halogenated alkanes) is 8. The van der Waals surface area contributed by atoms with E-state index in [0.717, 1.165) is 70.9 Å². The van der Waals surface area contributed by atoms with Crippen LogP contribution in [-0.2, 0) is 10.8 Å². The third-order valence-electron chi connectivity index (χ3n) is 21.4. The lowest BCUT2D eigenvalue weighted by molar-refractivity contribution is 0.373. The predicted octanol–water partition coefficient (Wildman–Crippen LogP) is 22.6. The van der Waals surface area contributed by atoms with Crippen molar-refractivity contribution in [3.63, 3.8) is 0 Å². The molecule has 2 fully saturated rings. The van der Waals surface area contributed by atoms with Crippen molar-refractivity contribution in [3.8, 4) is 23.0 Å². The van der Waals surface area contributed by atoms with E-state index in [0.29, 0.717) is 11.8 Å². The monoisotopic (exact) mass is 1280 g/mol. The highest BCUT2D eigenvalue weighted by atomic mass is 27.2. The van der Waals surface area contributed by atoms with E-state index < -0.39 is 31.8 Å². The standard InChI is InChI=1S/C42H66N2O2.C40H62N2O2.2Al.2H/c1-9-13-21-41(7,22-14-10-2)35-25-31(5)39(45)33(27-35)29-43-37-19-17-18-20-38(37)44-30-34-28-36(26-32(6)40(34)46)42(8,23-15-11-3)24-16-12-4;1-7-11-17-31(18-12-8-2)33-23-29(5)39(43)35(25-33)27-41-37-21-15-16-22-38(37)42-28-36-26-34(24-30(6)40(36)44)32(19-13-9-3)20-14-10-4;;;;/h25-30,37-38,45-46H,9-24H2,1-8H3;23-28,31-32,37-38,43-44H,7-22H2,1-6H3;;;;/q;;2*+2;;/p-4. The van der Waals surface area contributed by atoms with Crippen molar-refractivity contribution in [2.75, 3.05) is 0 Å². The Bertz CT molecular complexity index is 2770. The first-order valence-corrected chi connectivity index (χ1v) is 40.2. The first-order valence-electron chi connectivity index (χ1n) is 37.9. The molecule has 2 saturated carbocycles. The molecule has 0 spiro atoms. The maximum atomic E-state index is 6.69. The van der Waals surface area contributed by atoms with Gasteiger partial charge in [-0.25, -0.2) is 0 Å². The highest BCUT2D eigenvalue weighted by Crippen LogP contribution is 2.42. The molecule has 2 heterocycles. The van der Waals surface area contributed by atoms with Gasteiger partial charge in [0, 0.05) is 47.1 Å². The minimum atomic E-state index is -1.38. The number of aryl methyl sites for hydroxylation is 4. The van der Waals surface area contributed by atoms with Crippen molar-refractivity contribution in [1.29, 1.82) is 0 Å². The number of benzene rings is 4. The maximum Gasteiger partial charge on any atom is 0.832 e. The molecule has 4 aromatic rings. The van der Waals surface area contributed by atoms with Crippen LogP contribution < -0.4 is 15.2 Å². The van der Waals surface area contributed by atoms with E-state index in [4.69, 9.17) is 35.1 Å². The fourth-order valence-electron chi connectivity index (χ4n) is 15.3. The highest BCUT2D eigenvalue weighted by molar-refractivity contribution is 6.22. The molecule has 2 aliphatic carbocycles. The summed E-state index contributed by atoms with van der Waals surface area (Å²) in [5.74, 6) is 5.01. The van der Waals surface area contributed by atoms with Gasteiger partial charge in [-0.3, -0.25) is 20.0 Å². The van der Waals surface area contributed by atoms with Gasteiger partial charge in [0.25, 0.3) is 0 Å². The predicted molar refractivity (Wildman–Crippen MR) is 400 cm³/mol. The Morgan fingerprint density at radius 3 is 0.870 bits per heavy atom. The molecule has 4 aromatic carbocycles. The van der Waals surface area contributed by atoms with E-state index in [1.54, 1.807) is 0 Å². The van der Waals surface area contributed by atoms with Crippen molar-refractivity contribution in [3.05, 3.63) is 115 Å². The summed E-state index contributed by atoms with van der Waals surface area (Å²) >= 11 is -2.73. The van der Waals surface area contributed by atoms with Crippen molar-refractivity contribution >= 4 is 56.6 Å². The van der Waals surface area contributed by atoms with E-state index in [2.05, 4.69) is 170 Å². The SMILES string of the molecule is CCCCC(C)(CCCC)c1cc(C)c2c(c1)C=NC1CCCCC1N=Cc1cc(C(C)(CCCC)CCCC)cc(C)c1[O][AlH][O]2.CCCCC(CCCC)c1cc(C)c2c(c1)C=NC1CCCCC1N=Cc1cc(C(CCCC)CCCC)cc(C)c1[O][AlH][O]2. The van der Waals surface area contributed by atoms with E-state index in [-0.39, 0.29) is 35.0 Å². The van der Waals surface area contributed by atoms with E-state index >= 15 is 0 Å². The quantitative estimate of drug-likeness (QED) is 0.0530. The van der Waals surface area contributed by atoms with Gasteiger partial charge in [-0.05, 0) is 196 Å². The summed E-state index contributed by atoms with van der Waals surface area (Å²) in [5, 5.41) is 0. The first-order chi connectivity index (χ1) is 44.7. The number of rotatable bonds is 28. The molecular formula is C82H126Al2N4O4. The molecule has 0 aromatic heterocycles. The second-order valence-corrected chi connectivity index (χ2v) is 30.8. The molecule has 504 valence electrons. The molecule has 4 unspecified atom stereocenters. The Hall–Kier alpha value is -4.18. The van der Waals surface area contributed by atoms with Crippen LogP contribution in [0.3, 0.4) is 0 Å². The smallest absolute Gasteiger partial charge is 0.614 e. The fraction of sp³-hybridized carbons (Fsp3) is 0.659. The maximum absolute atomic E-state index is 6.69. The van der Waals surface area contributed by atoms with E-state index in [1.807, 2.05) is 0 Å². The van der Waals surface area contributed by atoms with Crippen molar-refractivity contribution < 1.29 is 15.2 Å². The van der Waals surface area contributed by atoms with Crippen LogP contribution in [0.1, 0.15) is 353 Å². The molecule has 92 heavy (non-hydrogen) atoms. The zero-order chi connectivity index (χ0) is 65.9. The molecule has 0 bridgehead atoms. The van der Waals surface area contributed by atoms with Crippen molar-refractivity contribution in [2.45, 2.75) is 349 Å². The van der Waals surface area contributed by atoms with Gasteiger partial charge < -0.3 is 15.2 Å². The number of hydrogen-bond acceptors (Lipinski definition) is 8. The van der Waals surface area contributed by atoms with Crippen LogP contribution in [0.2, 0.25) is 0 Å². The zero-order valence-electron chi connectivity index (χ0n) is 60.9. The summed E-state index contributed by atoms with van der Waals surface area (Å²) in [4.78, 5) is 21.1. The second-order valence-electron chi connectivity index (χ2n) is 29.2. The van der Waals surface area contributed by atoms with Crippen molar-refractivity contribution in [2.24, 2.45) is 20.0 Å². The van der Waals surface area contributed by atoms with E-state index in [9.17, 15) is 0 Å². The van der Waals surface area contributed by atoms with Crippen LogP contribution in [0.4, 0.5) is 0 Å². The molecular weight excluding hydrogens is 1160 g/mol. The lowest BCUT2D eigenvalue weighted by Gasteiger charge is -2.32. The Labute approximate surface area is 575 Å². The molecule has 0 amide bonds. The highest BCUT2D eigenvalue weighted by Gasteiger charge is 2.32. The van der Waals surface area contributed by atoms with Crippen LogP contribution in [0.15, 0.2) is 68.5 Å². The summed E-state index contributed by atoms with van der Waals surface area (Å²) in [7, 11) is 0. The average molecular weight is 1290 g/mol. The summed E-state index contributed by atoms with van der Waals surface area (Å²) in [6.07, 6.45) is 47.5. The summed E-state index contributed by atoms with van der Waals surface area (Å²) in [6, 6.07) is 19.9. The molecule has 8 rings (SSSR count). The van der Waals surface area contributed by atoms with Crippen LogP contribution in [0.5, 0.6) is 23.0 Å². The van der Waals surface area contributed by atoms with Gasteiger partial charge >= 0.3 is 31.8 Å². The lowest BCUT2D eigenvalue weighted by atomic mass is 9.73. The Kier molecular flexibility index (Phi) is 32.0. The van der Waals surface area contributed by atoms with Gasteiger partial charge in [0.1, 0.15) is 0 Å². The number of hydrogen-bond donors (Lipinski definition) is 0. The molecule has 0 saturated heterocycles. The minimum Gasteiger partial charge on any atom is -0.614 e. The molecule has 0 radical (unpaired) electrons. The van der Waals surface area contributed by atoms with Gasteiger partial charge in [-0.2, -0.15) is 0 Å². The van der Waals surface area contributed by atoms with E-state index in [1.165, 1.54) is 224 Å². The molecule has 4 aliphatic rings. The molecule has 0 N–H and O–H groups in total. The van der Waals surface area contributed by atoms with Crippen LogP contribution >= 0.6 is 0 Å². The van der Waals surface area contributed by atoms with Crippen LogP contribution in [0.25, 0.3) is 0 Å². The van der Waals surface area contributed by atoms with Gasteiger partial charge in [0.15, 0.2) is 0 Å². The second kappa shape index (κ2) is 39.1. The first kappa shape index (κ1) is 75.2. The molecule has 10 heteroatoms. The normalized spacial score (nSPS) is 18.3. The lowest BCUT2D eigenvalue weighted by Crippen LogP contribution is -2.27. The number of nitrogens with zero attached hydrogens (tertiary/aromatic N) is 4. The van der Waals surface area contributed by atoms with Crippen molar-refractivity contribution in [1.82, 2.24) is 0 Å². The topological polar surface area (TPSA) is 86.4 Å². The third kappa shape index (κ3) is 21.4. The minimum absolute atomic E-state index is 0.156. The molecule has 4 atom stereocenters. The zero-order valence-corrected chi connectivity index (χ0v) is 63.7. The van der Waals surface area contributed by atoms with Crippen LogP contribution in [-0.4, -0.2) is 80.8 Å². The average Bonchev–Trinajstić information content (AvgIpc) is 1.02. The Morgan fingerprint density at radius 1 is 0.359 bits per heavy atom.